The molecule has 2 heterocycles. The molecule has 0 aromatic carbocycles. The van der Waals surface area contributed by atoms with Crippen LogP contribution in [-0.4, -0.2) is 41.3 Å². The van der Waals surface area contributed by atoms with Crippen LogP contribution in [-0.2, 0) is 4.79 Å². The smallest absolute Gasteiger partial charge is 0.253 e. The van der Waals surface area contributed by atoms with E-state index in [1.165, 1.54) is 38.5 Å². The van der Waals surface area contributed by atoms with E-state index in [1.807, 2.05) is 0 Å². The van der Waals surface area contributed by atoms with Crippen LogP contribution in [0.25, 0.3) is 0 Å². The molecule has 3 aliphatic rings. The maximum absolute atomic E-state index is 12.4. The Morgan fingerprint density at radius 3 is 2.38 bits per heavy atom. The number of aliphatic imine (C=N–C) groups is 1. The van der Waals surface area contributed by atoms with E-state index in [0.29, 0.717) is 12.0 Å². The first-order chi connectivity index (χ1) is 10.2. The van der Waals surface area contributed by atoms with Crippen molar-refractivity contribution in [2.45, 2.75) is 76.8 Å². The van der Waals surface area contributed by atoms with Gasteiger partial charge in [0.15, 0.2) is 0 Å². The summed E-state index contributed by atoms with van der Waals surface area (Å²) < 4.78 is 0. The van der Waals surface area contributed by atoms with E-state index in [0.717, 1.165) is 31.8 Å². The Morgan fingerprint density at radius 1 is 1.24 bits per heavy atom. The first-order valence-corrected chi connectivity index (χ1v) is 8.83. The molecule has 1 saturated heterocycles. The molecule has 2 aliphatic heterocycles. The SMILES string of the molecule is CCCC(CCC)N1CCC2(CC1)N=C(C1CC1)NC2=O. The van der Waals surface area contributed by atoms with Crippen LogP contribution in [0.1, 0.15) is 65.2 Å². The maximum Gasteiger partial charge on any atom is 0.253 e. The summed E-state index contributed by atoms with van der Waals surface area (Å²) in [5, 5.41) is 3.06. The number of carbonyl (C=O) groups excluding carboxylic acids is 1. The minimum atomic E-state index is -0.419. The number of amides is 1. The largest absolute Gasteiger partial charge is 0.312 e. The van der Waals surface area contributed by atoms with Gasteiger partial charge in [-0.25, -0.2) is 0 Å². The molecule has 1 aliphatic carbocycles. The first kappa shape index (κ1) is 15.0. The maximum atomic E-state index is 12.4. The highest BCUT2D eigenvalue weighted by Gasteiger charge is 2.48. The topological polar surface area (TPSA) is 44.7 Å². The van der Waals surface area contributed by atoms with E-state index in [2.05, 4.69) is 24.1 Å². The molecule has 118 valence electrons. The predicted octanol–water partition coefficient (Wildman–Crippen LogP) is 2.73. The number of nitrogens with one attached hydrogen (secondary N) is 1. The Morgan fingerprint density at radius 2 is 1.86 bits per heavy atom. The van der Waals surface area contributed by atoms with Gasteiger partial charge in [0.05, 0.1) is 0 Å². The van der Waals surface area contributed by atoms with Crippen LogP contribution in [0.5, 0.6) is 0 Å². The van der Waals surface area contributed by atoms with Gasteiger partial charge in [-0.15, -0.1) is 0 Å². The van der Waals surface area contributed by atoms with Gasteiger partial charge in [-0.05, 0) is 38.5 Å². The zero-order chi connectivity index (χ0) is 14.9. The van der Waals surface area contributed by atoms with Crippen molar-refractivity contribution in [1.82, 2.24) is 10.2 Å². The predicted molar refractivity (Wildman–Crippen MR) is 85.4 cm³/mol. The van der Waals surface area contributed by atoms with Crippen molar-refractivity contribution >= 4 is 11.7 Å². The molecule has 1 saturated carbocycles. The second-order valence-corrected chi connectivity index (χ2v) is 7.02. The van der Waals surface area contributed by atoms with Crippen LogP contribution in [0.3, 0.4) is 0 Å². The van der Waals surface area contributed by atoms with E-state index >= 15 is 0 Å². The summed E-state index contributed by atoms with van der Waals surface area (Å²) >= 11 is 0. The van der Waals surface area contributed by atoms with E-state index in [-0.39, 0.29) is 5.91 Å². The van der Waals surface area contributed by atoms with Gasteiger partial charge in [0.2, 0.25) is 0 Å². The molecule has 3 rings (SSSR count). The average molecular weight is 291 g/mol. The molecule has 1 N–H and O–H groups in total. The van der Waals surface area contributed by atoms with Gasteiger partial charge >= 0.3 is 0 Å². The van der Waals surface area contributed by atoms with Gasteiger partial charge < -0.3 is 10.2 Å². The Balaban J connectivity index is 1.62. The molecule has 2 fully saturated rings. The van der Waals surface area contributed by atoms with Crippen LogP contribution >= 0.6 is 0 Å². The summed E-state index contributed by atoms with van der Waals surface area (Å²) in [5.74, 6) is 1.72. The van der Waals surface area contributed by atoms with Crippen molar-refractivity contribution in [3.8, 4) is 0 Å². The van der Waals surface area contributed by atoms with E-state index < -0.39 is 5.54 Å². The highest BCUT2D eigenvalue weighted by Crippen LogP contribution is 2.37. The Bertz CT molecular complexity index is 414. The van der Waals surface area contributed by atoms with E-state index in [4.69, 9.17) is 4.99 Å². The number of amidine groups is 1. The molecule has 21 heavy (non-hydrogen) atoms. The van der Waals surface area contributed by atoms with Gasteiger partial charge in [-0.3, -0.25) is 9.79 Å². The third kappa shape index (κ3) is 3.01. The van der Waals surface area contributed by atoms with E-state index in [9.17, 15) is 4.79 Å². The second kappa shape index (κ2) is 6.07. The number of likely N-dealkylation sites (tertiary alicyclic amines) is 1. The lowest BCUT2D eigenvalue weighted by molar-refractivity contribution is -0.125. The van der Waals surface area contributed by atoms with E-state index in [1.54, 1.807) is 0 Å². The molecule has 0 atom stereocenters. The molecule has 0 bridgehead atoms. The molecular formula is C17H29N3O. The molecule has 4 nitrogen and oxygen atoms in total. The monoisotopic (exact) mass is 291 g/mol. The number of carbonyl (C=O) groups is 1. The normalized spacial score (nSPS) is 25.5. The van der Waals surface area contributed by atoms with Crippen molar-refractivity contribution in [1.29, 1.82) is 0 Å². The van der Waals surface area contributed by atoms with Gasteiger partial charge in [-0.1, -0.05) is 26.7 Å². The minimum Gasteiger partial charge on any atom is -0.312 e. The number of hydrogen-bond acceptors (Lipinski definition) is 3. The Kier molecular flexibility index (Phi) is 4.34. The first-order valence-electron chi connectivity index (χ1n) is 8.83. The van der Waals surface area contributed by atoms with Gasteiger partial charge in [0.1, 0.15) is 11.4 Å². The third-order valence-electron chi connectivity index (χ3n) is 5.35. The lowest BCUT2D eigenvalue weighted by Crippen LogP contribution is -2.51. The second-order valence-electron chi connectivity index (χ2n) is 7.02. The van der Waals surface area contributed by atoms with Crippen LogP contribution in [0.4, 0.5) is 0 Å². The van der Waals surface area contributed by atoms with Crippen LogP contribution < -0.4 is 5.32 Å². The molecule has 0 radical (unpaired) electrons. The van der Waals surface area contributed by atoms with Crippen molar-refractivity contribution in [3.05, 3.63) is 0 Å². The highest BCUT2D eigenvalue weighted by atomic mass is 16.2. The van der Waals surface area contributed by atoms with Gasteiger partial charge in [0, 0.05) is 25.0 Å². The fourth-order valence-corrected chi connectivity index (χ4v) is 3.87. The molecule has 0 aromatic rings. The number of rotatable bonds is 6. The fourth-order valence-electron chi connectivity index (χ4n) is 3.87. The molecule has 0 unspecified atom stereocenters. The minimum absolute atomic E-state index is 0.173. The standard InChI is InChI=1S/C17H29N3O/c1-3-5-14(6-4-2)20-11-9-17(10-12-20)16(21)18-15(19-17)13-7-8-13/h13-14H,3-12H2,1-2H3,(H,18,19,21). The lowest BCUT2D eigenvalue weighted by Gasteiger charge is -2.40. The van der Waals surface area contributed by atoms with Crippen molar-refractivity contribution < 1.29 is 4.79 Å². The van der Waals surface area contributed by atoms with Crippen LogP contribution in [0, 0.1) is 5.92 Å². The summed E-state index contributed by atoms with van der Waals surface area (Å²) in [6.45, 7) is 6.59. The van der Waals surface area contributed by atoms with Crippen molar-refractivity contribution in [3.63, 3.8) is 0 Å². The van der Waals surface area contributed by atoms with Gasteiger partial charge in [0.25, 0.3) is 5.91 Å². The summed E-state index contributed by atoms with van der Waals surface area (Å²) in [4.78, 5) is 19.8. The average Bonchev–Trinajstić information content (AvgIpc) is 3.27. The zero-order valence-corrected chi connectivity index (χ0v) is 13.5. The number of hydrogen-bond donors (Lipinski definition) is 1. The molecule has 0 aromatic heterocycles. The quantitative estimate of drug-likeness (QED) is 0.818. The summed E-state index contributed by atoms with van der Waals surface area (Å²) in [5.41, 5.74) is -0.419. The fraction of sp³-hybridized carbons (Fsp3) is 0.882. The molecular weight excluding hydrogens is 262 g/mol. The van der Waals surface area contributed by atoms with Crippen molar-refractivity contribution in [2.75, 3.05) is 13.1 Å². The molecule has 1 amide bonds. The summed E-state index contributed by atoms with van der Waals surface area (Å²) in [6.07, 6.45) is 9.27. The highest BCUT2D eigenvalue weighted by molar-refractivity contribution is 6.09. The Labute approximate surface area is 128 Å². The van der Waals surface area contributed by atoms with Crippen LogP contribution in [0.2, 0.25) is 0 Å². The van der Waals surface area contributed by atoms with Crippen molar-refractivity contribution in [2.24, 2.45) is 10.9 Å². The van der Waals surface area contributed by atoms with Gasteiger partial charge in [-0.2, -0.15) is 0 Å². The Hall–Kier alpha value is -0.900. The molecule has 4 heteroatoms. The third-order valence-corrected chi connectivity index (χ3v) is 5.35. The lowest BCUT2D eigenvalue weighted by atomic mass is 9.86. The summed E-state index contributed by atoms with van der Waals surface area (Å²) in [6, 6.07) is 0.702. The van der Waals surface area contributed by atoms with Crippen LogP contribution in [0.15, 0.2) is 4.99 Å². The summed E-state index contributed by atoms with van der Waals surface area (Å²) in [7, 11) is 0. The number of piperidine rings is 1. The molecule has 1 spiro atoms. The number of nitrogens with zero attached hydrogens (tertiary/aromatic N) is 2. The zero-order valence-electron chi connectivity index (χ0n) is 13.5.